The first-order chi connectivity index (χ1) is 12.2. The molecule has 0 spiro atoms. The molecule has 0 bridgehead atoms. The largest absolute Gasteiger partial charge is 0.388 e. The van der Waals surface area contributed by atoms with E-state index in [2.05, 4.69) is 27.7 Å². The number of hydrogen-bond acceptors (Lipinski definition) is 4. The molecule has 0 radical (unpaired) electrons. The first kappa shape index (κ1) is 22.9. The molecule has 1 N–H and O–H groups in total. The third-order valence-electron chi connectivity index (χ3n) is 5.50. The SMILES string of the molecule is CCCCC(CC)CO[C@@H]1COC[C@@H](OCC(CC)CCCC)C1O. The average molecular weight is 359 g/mol. The van der Waals surface area contributed by atoms with Crippen LogP contribution in [0.3, 0.4) is 0 Å². The quantitative estimate of drug-likeness (QED) is 0.494. The maximum Gasteiger partial charge on any atom is 0.111 e. The summed E-state index contributed by atoms with van der Waals surface area (Å²) in [7, 11) is 0. The molecule has 0 amide bonds. The van der Waals surface area contributed by atoms with Crippen molar-refractivity contribution in [3.05, 3.63) is 0 Å². The van der Waals surface area contributed by atoms with Gasteiger partial charge in [-0.15, -0.1) is 0 Å². The average Bonchev–Trinajstić information content (AvgIpc) is 2.64. The Hall–Kier alpha value is -0.160. The molecule has 0 aromatic heterocycles. The summed E-state index contributed by atoms with van der Waals surface area (Å²) in [6, 6.07) is 0. The van der Waals surface area contributed by atoms with Gasteiger partial charge in [0.1, 0.15) is 18.3 Å². The summed E-state index contributed by atoms with van der Waals surface area (Å²) in [4.78, 5) is 0. The summed E-state index contributed by atoms with van der Waals surface area (Å²) >= 11 is 0. The van der Waals surface area contributed by atoms with E-state index in [0.717, 1.165) is 12.8 Å². The van der Waals surface area contributed by atoms with Crippen molar-refractivity contribution < 1.29 is 19.3 Å². The van der Waals surface area contributed by atoms with Crippen molar-refractivity contribution in [2.75, 3.05) is 26.4 Å². The topological polar surface area (TPSA) is 47.9 Å². The second kappa shape index (κ2) is 14.0. The molecule has 0 aromatic rings. The van der Waals surface area contributed by atoms with Gasteiger partial charge in [0.2, 0.25) is 0 Å². The lowest BCUT2D eigenvalue weighted by Gasteiger charge is -2.35. The summed E-state index contributed by atoms with van der Waals surface area (Å²) in [5.41, 5.74) is 0. The lowest BCUT2D eigenvalue weighted by molar-refractivity contribution is -0.191. The standard InChI is InChI=1S/C21H42O4/c1-5-9-11-17(7-3)13-24-19-15-23-16-20(21(19)22)25-14-18(8-4)12-10-6-2/h17-22H,5-16H2,1-4H3/t17?,18?,19-,20-,21?/m1/s1. The molecule has 0 saturated carbocycles. The molecule has 1 aliphatic rings. The number of hydrogen-bond donors (Lipinski definition) is 1. The van der Waals surface area contributed by atoms with E-state index >= 15 is 0 Å². The van der Waals surface area contributed by atoms with Crippen molar-refractivity contribution in [3.8, 4) is 0 Å². The Morgan fingerprint density at radius 3 is 1.64 bits per heavy atom. The molecular weight excluding hydrogens is 316 g/mol. The van der Waals surface area contributed by atoms with Gasteiger partial charge >= 0.3 is 0 Å². The molecule has 0 aromatic carbocycles. The van der Waals surface area contributed by atoms with Crippen LogP contribution in [0.4, 0.5) is 0 Å². The van der Waals surface area contributed by atoms with Crippen LogP contribution in [0.5, 0.6) is 0 Å². The van der Waals surface area contributed by atoms with E-state index in [4.69, 9.17) is 14.2 Å². The second-order valence-corrected chi connectivity index (χ2v) is 7.60. The lowest BCUT2D eigenvalue weighted by atomic mass is 9.99. The highest BCUT2D eigenvalue weighted by molar-refractivity contribution is 4.82. The Morgan fingerprint density at radius 1 is 0.840 bits per heavy atom. The van der Waals surface area contributed by atoms with Gasteiger partial charge in [0.15, 0.2) is 0 Å². The van der Waals surface area contributed by atoms with Crippen molar-refractivity contribution in [2.45, 2.75) is 97.4 Å². The number of rotatable bonds is 14. The predicted molar refractivity (Wildman–Crippen MR) is 103 cm³/mol. The predicted octanol–water partition coefficient (Wildman–Crippen LogP) is 4.58. The van der Waals surface area contributed by atoms with Gasteiger partial charge in [0.25, 0.3) is 0 Å². The molecule has 1 rings (SSSR count). The number of aliphatic hydroxyl groups excluding tert-OH is 1. The second-order valence-electron chi connectivity index (χ2n) is 7.60. The minimum absolute atomic E-state index is 0.259. The zero-order valence-electron chi connectivity index (χ0n) is 17.0. The van der Waals surface area contributed by atoms with Crippen LogP contribution in [-0.4, -0.2) is 49.8 Å². The molecular formula is C21H42O4. The minimum Gasteiger partial charge on any atom is -0.388 e. The zero-order valence-corrected chi connectivity index (χ0v) is 17.0. The van der Waals surface area contributed by atoms with Gasteiger partial charge in [-0.05, 0) is 24.7 Å². The molecule has 1 heterocycles. The van der Waals surface area contributed by atoms with E-state index in [1.807, 2.05) is 0 Å². The maximum atomic E-state index is 10.6. The Kier molecular flexibility index (Phi) is 12.8. The summed E-state index contributed by atoms with van der Waals surface area (Å²) in [6.45, 7) is 11.2. The van der Waals surface area contributed by atoms with Crippen LogP contribution in [0.25, 0.3) is 0 Å². The Balaban J connectivity index is 2.38. The van der Waals surface area contributed by atoms with Crippen LogP contribution >= 0.6 is 0 Å². The fraction of sp³-hybridized carbons (Fsp3) is 1.00. The highest BCUT2D eigenvalue weighted by Gasteiger charge is 2.34. The monoisotopic (exact) mass is 358 g/mol. The molecule has 1 saturated heterocycles. The smallest absolute Gasteiger partial charge is 0.111 e. The summed E-state index contributed by atoms with van der Waals surface area (Å²) < 4.78 is 17.7. The van der Waals surface area contributed by atoms with Gasteiger partial charge in [-0.2, -0.15) is 0 Å². The Morgan fingerprint density at radius 2 is 1.28 bits per heavy atom. The van der Waals surface area contributed by atoms with Crippen LogP contribution in [0.2, 0.25) is 0 Å². The molecule has 4 heteroatoms. The van der Waals surface area contributed by atoms with Gasteiger partial charge in [0.05, 0.1) is 26.4 Å². The van der Waals surface area contributed by atoms with E-state index in [1.165, 1.54) is 38.5 Å². The molecule has 1 aliphatic heterocycles. The highest BCUT2D eigenvalue weighted by Crippen LogP contribution is 2.21. The fourth-order valence-corrected chi connectivity index (χ4v) is 3.35. The van der Waals surface area contributed by atoms with Crippen molar-refractivity contribution >= 4 is 0 Å². The first-order valence-electron chi connectivity index (χ1n) is 10.6. The number of unbranched alkanes of at least 4 members (excludes halogenated alkanes) is 2. The van der Waals surface area contributed by atoms with Crippen LogP contribution < -0.4 is 0 Å². The third-order valence-corrected chi connectivity index (χ3v) is 5.50. The molecule has 150 valence electrons. The molecule has 1 fully saturated rings. The Labute approximate surface area is 155 Å². The highest BCUT2D eigenvalue weighted by atomic mass is 16.6. The van der Waals surface area contributed by atoms with E-state index in [0.29, 0.717) is 38.3 Å². The number of ether oxygens (including phenoxy) is 3. The van der Waals surface area contributed by atoms with E-state index in [9.17, 15) is 5.11 Å². The number of aliphatic hydroxyl groups is 1. The van der Waals surface area contributed by atoms with Crippen LogP contribution in [0.15, 0.2) is 0 Å². The normalized spacial score (nSPS) is 26.5. The van der Waals surface area contributed by atoms with Crippen molar-refractivity contribution in [1.82, 2.24) is 0 Å². The first-order valence-corrected chi connectivity index (χ1v) is 10.6. The molecule has 4 atom stereocenters. The third kappa shape index (κ3) is 8.85. The van der Waals surface area contributed by atoms with E-state index < -0.39 is 6.10 Å². The van der Waals surface area contributed by atoms with Gasteiger partial charge < -0.3 is 19.3 Å². The van der Waals surface area contributed by atoms with E-state index in [-0.39, 0.29) is 12.2 Å². The molecule has 25 heavy (non-hydrogen) atoms. The van der Waals surface area contributed by atoms with Gasteiger partial charge in [-0.1, -0.05) is 66.2 Å². The van der Waals surface area contributed by atoms with Crippen LogP contribution in [-0.2, 0) is 14.2 Å². The van der Waals surface area contributed by atoms with Gasteiger partial charge in [-0.25, -0.2) is 0 Å². The van der Waals surface area contributed by atoms with Crippen molar-refractivity contribution in [3.63, 3.8) is 0 Å². The van der Waals surface area contributed by atoms with Gasteiger partial charge in [-0.3, -0.25) is 0 Å². The maximum absolute atomic E-state index is 10.6. The minimum atomic E-state index is -0.582. The van der Waals surface area contributed by atoms with Crippen molar-refractivity contribution in [2.24, 2.45) is 11.8 Å². The van der Waals surface area contributed by atoms with Gasteiger partial charge in [0, 0.05) is 0 Å². The molecule has 4 nitrogen and oxygen atoms in total. The lowest BCUT2D eigenvalue weighted by Crippen LogP contribution is -2.50. The summed E-state index contributed by atoms with van der Waals surface area (Å²) in [5, 5.41) is 10.6. The van der Waals surface area contributed by atoms with Crippen molar-refractivity contribution in [1.29, 1.82) is 0 Å². The zero-order chi connectivity index (χ0) is 18.5. The summed E-state index contributed by atoms with van der Waals surface area (Å²) in [5.74, 6) is 1.15. The Bertz CT molecular complexity index is 282. The molecule has 0 aliphatic carbocycles. The summed E-state index contributed by atoms with van der Waals surface area (Å²) in [6.07, 6.45) is 8.48. The molecule has 2 unspecified atom stereocenters. The van der Waals surface area contributed by atoms with Crippen LogP contribution in [0, 0.1) is 11.8 Å². The van der Waals surface area contributed by atoms with Crippen LogP contribution in [0.1, 0.15) is 79.1 Å². The van der Waals surface area contributed by atoms with E-state index in [1.54, 1.807) is 0 Å². The fourth-order valence-electron chi connectivity index (χ4n) is 3.35.